The molecule has 0 bridgehead atoms. The Morgan fingerprint density at radius 1 is 1.29 bits per heavy atom. The molecule has 1 aromatic carbocycles. The molecule has 31 heavy (non-hydrogen) atoms. The van der Waals surface area contributed by atoms with Gasteiger partial charge in [0, 0.05) is 62.9 Å². The van der Waals surface area contributed by atoms with E-state index in [4.69, 9.17) is 4.52 Å². The molecule has 0 aliphatic carbocycles. The van der Waals surface area contributed by atoms with E-state index in [9.17, 15) is 12.8 Å². The maximum absolute atomic E-state index is 13.6. The molecular formula is C20H25FN6O3S. The Hall–Kier alpha value is -2.92. The summed E-state index contributed by atoms with van der Waals surface area (Å²) in [7, 11) is -1.74. The van der Waals surface area contributed by atoms with Gasteiger partial charge in [-0.1, -0.05) is 5.16 Å². The first-order chi connectivity index (χ1) is 15.0. The highest BCUT2D eigenvalue weighted by molar-refractivity contribution is 7.88. The number of sulfonamides is 1. The van der Waals surface area contributed by atoms with Crippen LogP contribution in [0.25, 0.3) is 10.9 Å². The topological polar surface area (TPSA) is 107 Å². The highest BCUT2D eigenvalue weighted by atomic mass is 32.2. The van der Waals surface area contributed by atoms with Crippen LogP contribution in [0.5, 0.6) is 0 Å². The Morgan fingerprint density at radius 3 is 2.81 bits per heavy atom. The summed E-state index contributed by atoms with van der Waals surface area (Å²) in [6.45, 7) is 2.46. The summed E-state index contributed by atoms with van der Waals surface area (Å²) in [6, 6.07) is 6.27. The molecule has 1 saturated heterocycles. The second kappa shape index (κ2) is 9.06. The number of fused-ring (bicyclic) bond motifs is 1. The number of guanidine groups is 1. The third-order valence-corrected chi connectivity index (χ3v) is 7.18. The van der Waals surface area contributed by atoms with Gasteiger partial charge in [-0.25, -0.2) is 12.8 Å². The van der Waals surface area contributed by atoms with Crippen molar-refractivity contribution >= 4 is 26.9 Å². The Kier molecular flexibility index (Phi) is 6.23. The maximum Gasteiger partial charge on any atom is 0.220 e. The maximum atomic E-state index is 13.6. The summed E-state index contributed by atoms with van der Waals surface area (Å²) in [4.78, 5) is 9.52. The number of H-pyrrole nitrogens is 1. The van der Waals surface area contributed by atoms with E-state index in [2.05, 4.69) is 20.4 Å². The molecule has 3 heterocycles. The molecule has 1 aliphatic heterocycles. The van der Waals surface area contributed by atoms with Crippen LogP contribution in [0.4, 0.5) is 4.39 Å². The van der Waals surface area contributed by atoms with Gasteiger partial charge in [0.2, 0.25) is 10.0 Å². The fraction of sp³-hybridized carbons (Fsp3) is 0.400. The zero-order valence-corrected chi connectivity index (χ0v) is 18.0. The number of halogens is 1. The number of nitrogens with one attached hydrogen (secondary N) is 2. The lowest BCUT2D eigenvalue weighted by molar-refractivity contribution is 0.260. The zero-order chi connectivity index (χ0) is 21.8. The molecule has 0 amide bonds. The minimum absolute atomic E-state index is 0.165. The van der Waals surface area contributed by atoms with E-state index < -0.39 is 10.0 Å². The molecule has 9 nitrogen and oxygen atoms in total. The smallest absolute Gasteiger partial charge is 0.220 e. The van der Waals surface area contributed by atoms with Crippen molar-refractivity contribution in [1.82, 2.24) is 24.7 Å². The molecule has 1 fully saturated rings. The normalized spacial score (nSPS) is 16.2. The molecular weight excluding hydrogens is 423 g/mol. The molecule has 0 unspecified atom stereocenters. The summed E-state index contributed by atoms with van der Waals surface area (Å²) >= 11 is 0. The molecule has 1 aliphatic rings. The third-order valence-electron chi connectivity index (χ3n) is 5.37. The molecule has 0 radical (unpaired) electrons. The lowest BCUT2D eigenvalue weighted by atomic mass is 10.1. The first-order valence-corrected chi connectivity index (χ1v) is 11.7. The second-order valence-electron chi connectivity index (χ2n) is 7.36. The number of aromatic nitrogens is 2. The molecule has 0 spiro atoms. The van der Waals surface area contributed by atoms with Crippen LogP contribution in [0.2, 0.25) is 0 Å². The van der Waals surface area contributed by atoms with Gasteiger partial charge in [0.15, 0.2) is 5.96 Å². The van der Waals surface area contributed by atoms with Crippen LogP contribution in [-0.2, 0) is 22.2 Å². The lowest BCUT2D eigenvalue weighted by Crippen LogP contribution is -2.54. The highest BCUT2D eigenvalue weighted by Gasteiger charge is 2.28. The number of rotatable bonds is 6. The van der Waals surface area contributed by atoms with Gasteiger partial charge < -0.3 is 19.7 Å². The van der Waals surface area contributed by atoms with Crippen LogP contribution in [0.1, 0.15) is 11.3 Å². The van der Waals surface area contributed by atoms with Gasteiger partial charge in [-0.05, 0) is 30.2 Å². The Morgan fingerprint density at radius 2 is 2.10 bits per heavy atom. The predicted octanol–water partition coefficient (Wildman–Crippen LogP) is 1.56. The minimum atomic E-state index is -3.44. The van der Waals surface area contributed by atoms with Crippen LogP contribution in [0.3, 0.4) is 0 Å². The van der Waals surface area contributed by atoms with Crippen LogP contribution in [0.15, 0.2) is 46.2 Å². The fourth-order valence-corrected chi connectivity index (χ4v) is 5.19. The second-order valence-corrected chi connectivity index (χ2v) is 9.33. The summed E-state index contributed by atoms with van der Waals surface area (Å²) in [5.41, 5.74) is 2.34. The van der Waals surface area contributed by atoms with Crippen molar-refractivity contribution in [2.24, 2.45) is 4.99 Å². The van der Waals surface area contributed by atoms with Crippen molar-refractivity contribution < 1.29 is 17.3 Å². The lowest BCUT2D eigenvalue weighted by Gasteiger charge is -2.35. The molecule has 3 aromatic rings. The van der Waals surface area contributed by atoms with Gasteiger partial charge >= 0.3 is 0 Å². The predicted molar refractivity (Wildman–Crippen MR) is 116 cm³/mol. The zero-order valence-electron chi connectivity index (χ0n) is 17.2. The molecule has 0 atom stereocenters. The van der Waals surface area contributed by atoms with E-state index in [1.165, 1.54) is 22.7 Å². The minimum Gasteiger partial charge on any atom is -0.364 e. The van der Waals surface area contributed by atoms with Crippen LogP contribution in [-0.4, -0.2) is 73.5 Å². The molecule has 4 rings (SSSR count). The van der Waals surface area contributed by atoms with Gasteiger partial charge in [-0.15, -0.1) is 0 Å². The van der Waals surface area contributed by atoms with E-state index >= 15 is 0 Å². The number of hydrogen-bond acceptors (Lipinski definition) is 5. The average Bonchev–Trinajstić information content (AvgIpc) is 3.41. The summed E-state index contributed by atoms with van der Waals surface area (Å²) < 4.78 is 44.9. The number of hydrogen-bond donors (Lipinski definition) is 2. The largest absolute Gasteiger partial charge is 0.364 e. The van der Waals surface area contributed by atoms with E-state index in [-0.39, 0.29) is 11.6 Å². The number of piperazine rings is 1. The molecule has 0 saturated carbocycles. The quantitative estimate of drug-likeness (QED) is 0.438. The summed E-state index contributed by atoms with van der Waals surface area (Å²) in [5.74, 6) is 0.301. The van der Waals surface area contributed by atoms with Crippen molar-refractivity contribution in [1.29, 1.82) is 0 Å². The summed E-state index contributed by atoms with van der Waals surface area (Å²) in [5, 5.41) is 7.89. The van der Waals surface area contributed by atoms with E-state index in [0.29, 0.717) is 44.8 Å². The summed E-state index contributed by atoms with van der Waals surface area (Å²) in [6.07, 6.45) is 3.97. The molecule has 2 N–H and O–H groups in total. The fourth-order valence-electron chi connectivity index (χ4n) is 3.77. The standard InChI is InChI=1S/C20H25FN6O3S/c1-22-20(23-6-4-15-13-24-19-3-2-16(21)12-18(15)19)26-7-9-27(10-8-26)31(28,29)14-17-5-11-30-25-17/h2-3,5,11-13,24H,4,6-10,14H2,1H3,(H,22,23). The SMILES string of the molecule is CN=C(NCCc1c[nH]c2ccc(F)cc12)N1CCN(S(=O)(=O)Cc2ccon2)CC1. The van der Waals surface area contributed by atoms with Crippen LogP contribution >= 0.6 is 0 Å². The third kappa shape index (κ3) is 4.88. The first-order valence-electron chi connectivity index (χ1n) is 10.0. The molecule has 2 aromatic heterocycles. The van der Waals surface area contributed by atoms with Gasteiger partial charge in [0.1, 0.15) is 17.8 Å². The number of aromatic amines is 1. The van der Waals surface area contributed by atoms with Gasteiger partial charge in [-0.2, -0.15) is 4.31 Å². The molecule has 11 heteroatoms. The van der Waals surface area contributed by atoms with Crippen molar-refractivity contribution in [3.05, 3.63) is 53.8 Å². The number of aliphatic imine (C=N–C) groups is 1. The van der Waals surface area contributed by atoms with Crippen molar-refractivity contribution in [3.8, 4) is 0 Å². The van der Waals surface area contributed by atoms with Crippen LogP contribution < -0.4 is 5.32 Å². The van der Waals surface area contributed by atoms with Crippen molar-refractivity contribution in [3.63, 3.8) is 0 Å². The van der Waals surface area contributed by atoms with E-state index in [0.717, 1.165) is 22.4 Å². The van der Waals surface area contributed by atoms with Crippen molar-refractivity contribution in [2.75, 3.05) is 39.8 Å². The van der Waals surface area contributed by atoms with Gasteiger partial charge in [0.25, 0.3) is 0 Å². The number of nitrogens with zero attached hydrogens (tertiary/aromatic N) is 4. The average molecular weight is 449 g/mol. The van der Waals surface area contributed by atoms with Crippen LogP contribution in [0, 0.1) is 5.82 Å². The van der Waals surface area contributed by atoms with Crippen molar-refractivity contribution in [2.45, 2.75) is 12.2 Å². The number of benzene rings is 1. The van der Waals surface area contributed by atoms with Gasteiger partial charge in [0.05, 0.1) is 5.69 Å². The monoisotopic (exact) mass is 448 g/mol. The highest BCUT2D eigenvalue weighted by Crippen LogP contribution is 2.19. The van der Waals surface area contributed by atoms with Gasteiger partial charge in [-0.3, -0.25) is 4.99 Å². The Balaban J connectivity index is 1.30. The Bertz CT molecular complexity index is 1150. The van der Waals surface area contributed by atoms with E-state index in [1.807, 2.05) is 11.1 Å². The van der Waals surface area contributed by atoms with E-state index in [1.54, 1.807) is 19.2 Å². The molecule has 166 valence electrons. The first kappa shape index (κ1) is 21.3. The Labute approximate surface area is 180 Å².